The monoisotopic (exact) mass is 412 g/mol. The average molecular weight is 412 g/mol. The minimum Gasteiger partial charge on any atom is -0.304 e. The number of fused-ring (bicyclic) bond motifs is 1. The van der Waals surface area contributed by atoms with Crippen molar-refractivity contribution in [2.24, 2.45) is 0 Å². The summed E-state index contributed by atoms with van der Waals surface area (Å²) in [5, 5.41) is 0. The van der Waals surface area contributed by atoms with Crippen molar-refractivity contribution in [1.82, 2.24) is 19.3 Å². The van der Waals surface area contributed by atoms with Crippen LogP contribution in [0.3, 0.4) is 0 Å². The number of sulfonamides is 1. The molecule has 6 nitrogen and oxygen atoms in total. The van der Waals surface area contributed by atoms with E-state index in [0.717, 1.165) is 10.1 Å². The molecule has 0 unspecified atom stereocenters. The average Bonchev–Trinajstić information content (AvgIpc) is 2.92. The maximum absolute atomic E-state index is 13.3. The molecule has 3 rings (SSSR count). The molecule has 0 saturated heterocycles. The van der Waals surface area contributed by atoms with Gasteiger partial charge in [-0.3, -0.25) is 0 Å². The smallest absolute Gasteiger partial charge is 0.304 e. The van der Waals surface area contributed by atoms with Gasteiger partial charge in [0.2, 0.25) is 15.8 Å². The van der Waals surface area contributed by atoms with Crippen molar-refractivity contribution in [3.63, 3.8) is 0 Å². The van der Waals surface area contributed by atoms with E-state index in [1.54, 1.807) is 26.0 Å². The van der Waals surface area contributed by atoms with Crippen LogP contribution in [-0.4, -0.2) is 29.5 Å². The molecule has 2 aromatic heterocycles. The predicted molar refractivity (Wildman–Crippen MR) is 98.4 cm³/mol. The fourth-order valence-corrected chi connectivity index (χ4v) is 4.81. The van der Waals surface area contributed by atoms with E-state index in [2.05, 4.69) is 14.7 Å². The zero-order valence-electron chi connectivity index (χ0n) is 15.5. The van der Waals surface area contributed by atoms with E-state index < -0.39 is 22.0 Å². The Morgan fingerprint density at radius 2 is 1.79 bits per heavy atom. The number of nitrogens with zero attached hydrogens (tertiary/aromatic N) is 3. The summed E-state index contributed by atoms with van der Waals surface area (Å²) in [6, 6.07) is 6.41. The van der Waals surface area contributed by atoms with Gasteiger partial charge in [-0.15, -0.1) is 0 Å². The summed E-state index contributed by atoms with van der Waals surface area (Å²) in [7, 11) is -3.88. The number of alkyl halides is 3. The maximum atomic E-state index is 13.3. The third-order valence-corrected chi connectivity index (χ3v) is 6.02. The van der Waals surface area contributed by atoms with Crippen molar-refractivity contribution in [2.45, 2.75) is 38.4 Å². The van der Waals surface area contributed by atoms with Gasteiger partial charge in [0, 0.05) is 19.3 Å². The van der Waals surface area contributed by atoms with E-state index in [9.17, 15) is 21.6 Å². The Morgan fingerprint density at radius 3 is 2.39 bits per heavy atom. The van der Waals surface area contributed by atoms with Crippen molar-refractivity contribution < 1.29 is 21.6 Å². The molecule has 10 heteroatoms. The molecule has 3 aromatic rings. The van der Waals surface area contributed by atoms with Gasteiger partial charge in [-0.25, -0.2) is 23.1 Å². The number of aryl methyl sites for hydroxylation is 3. The molecule has 0 radical (unpaired) electrons. The van der Waals surface area contributed by atoms with E-state index in [4.69, 9.17) is 0 Å². The van der Waals surface area contributed by atoms with Crippen LogP contribution >= 0.6 is 0 Å². The second-order valence-electron chi connectivity index (χ2n) is 6.56. The largest absolute Gasteiger partial charge is 0.449 e. The molecule has 0 aliphatic rings. The lowest BCUT2D eigenvalue weighted by Gasteiger charge is -2.14. The molecule has 0 aliphatic carbocycles. The molecule has 0 atom stereocenters. The molecule has 0 spiro atoms. The maximum Gasteiger partial charge on any atom is 0.449 e. The summed E-state index contributed by atoms with van der Waals surface area (Å²) in [6.45, 7) is 4.73. The van der Waals surface area contributed by atoms with Gasteiger partial charge in [-0.1, -0.05) is 17.7 Å². The van der Waals surface area contributed by atoms with Gasteiger partial charge in [0.1, 0.15) is 5.52 Å². The number of imidazole rings is 1. The number of halogens is 3. The lowest BCUT2D eigenvalue weighted by molar-refractivity contribution is -0.146. The van der Waals surface area contributed by atoms with Gasteiger partial charge < -0.3 is 4.57 Å². The first kappa shape index (κ1) is 20.3. The van der Waals surface area contributed by atoms with Crippen molar-refractivity contribution in [3.8, 4) is 0 Å². The molecular weight excluding hydrogens is 393 g/mol. The van der Waals surface area contributed by atoms with Crippen LogP contribution < -0.4 is 4.72 Å². The topological polar surface area (TPSA) is 76.9 Å². The first-order valence-electron chi connectivity index (χ1n) is 8.46. The highest BCUT2D eigenvalue weighted by Crippen LogP contribution is 2.30. The number of rotatable bonds is 5. The third-order valence-electron chi connectivity index (χ3n) is 4.26. The SMILES string of the molecule is Cc1cc(C)c(S(=O)(=O)NCCn2c(C(F)(F)F)nc3cccnc32)c(C)c1. The van der Waals surface area contributed by atoms with Crippen LogP contribution in [0.25, 0.3) is 11.2 Å². The number of hydrogen-bond donors (Lipinski definition) is 1. The Kier molecular flexibility index (Phi) is 5.20. The molecule has 0 aliphatic heterocycles. The summed E-state index contributed by atoms with van der Waals surface area (Å²) >= 11 is 0. The highest BCUT2D eigenvalue weighted by molar-refractivity contribution is 7.89. The van der Waals surface area contributed by atoms with E-state index >= 15 is 0 Å². The fourth-order valence-electron chi connectivity index (χ4n) is 3.34. The van der Waals surface area contributed by atoms with Crippen LogP contribution in [0, 0.1) is 20.8 Å². The van der Waals surface area contributed by atoms with E-state index in [1.165, 1.54) is 18.3 Å². The first-order chi connectivity index (χ1) is 13.0. The van der Waals surface area contributed by atoms with Crippen LogP contribution in [-0.2, 0) is 22.7 Å². The predicted octanol–water partition coefficient (Wildman–Crippen LogP) is 3.35. The lowest BCUT2D eigenvalue weighted by atomic mass is 10.1. The molecule has 1 aromatic carbocycles. The fraction of sp³-hybridized carbons (Fsp3) is 0.333. The summed E-state index contributed by atoms with van der Waals surface area (Å²) < 4.78 is 68.6. The normalized spacial score (nSPS) is 12.6. The highest BCUT2D eigenvalue weighted by Gasteiger charge is 2.37. The number of hydrogen-bond acceptors (Lipinski definition) is 4. The Labute approximate surface area is 160 Å². The quantitative estimate of drug-likeness (QED) is 0.697. The van der Waals surface area contributed by atoms with Crippen LogP contribution in [0.5, 0.6) is 0 Å². The highest BCUT2D eigenvalue weighted by atomic mass is 32.2. The molecule has 28 heavy (non-hydrogen) atoms. The number of pyridine rings is 1. The molecule has 150 valence electrons. The van der Waals surface area contributed by atoms with Gasteiger partial charge in [0.05, 0.1) is 4.90 Å². The third kappa shape index (κ3) is 3.88. The number of nitrogens with one attached hydrogen (secondary N) is 1. The van der Waals surface area contributed by atoms with Crippen LogP contribution in [0.15, 0.2) is 35.4 Å². The Morgan fingerprint density at radius 1 is 1.14 bits per heavy atom. The van der Waals surface area contributed by atoms with Crippen LogP contribution in [0.4, 0.5) is 13.2 Å². The van der Waals surface area contributed by atoms with Crippen LogP contribution in [0.1, 0.15) is 22.5 Å². The van der Waals surface area contributed by atoms with Crippen molar-refractivity contribution >= 4 is 21.2 Å². The second kappa shape index (κ2) is 7.17. The number of benzene rings is 1. The number of aromatic nitrogens is 3. The molecule has 0 amide bonds. The summed E-state index contributed by atoms with van der Waals surface area (Å²) in [4.78, 5) is 7.68. The molecule has 0 bridgehead atoms. The summed E-state index contributed by atoms with van der Waals surface area (Å²) in [5.41, 5.74) is 2.24. The van der Waals surface area contributed by atoms with Gasteiger partial charge in [0.15, 0.2) is 5.65 Å². The van der Waals surface area contributed by atoms with Gasteiger partial charge >= 0.3 is 6.18 Å². The van der Waals surface area contributed by atoms with Crippen LogP contribution in [0.2, 0.25) is 0 Å². The zero-order chi connectivity index (χ0) is 20.7. The standard InChI is InChI=1S/C18H19F3N4O2S/c1-11-9-12(2)15(13(3)10-11)28(26,27)23-7-8-25-16-14(5-4-6-22-16)24-17(25)18(19,20)21/h4-6,9-10,23H,7-8H2,1-3H3. The molecule has 0 fully saturated rings. The first-order valence-corrected chi connectivity index (χ1v) is 9.95. The van der Waals surface area contributed by atoms with Crippen molar-refractivity contribution in [1.29, 1.82) is 0 Å². The van der Waals surface area contributed by atoms with E-state index in [0.29, 0.717) is 11.1 Å². The molecule has 0 saturated carbocycles. The van der Waals surface area contributed by atoms with Gasteiger partial charge in [-0.05, 0) is 44.0 Å². The molecule has 2 heterocycles. The minimum atomic E-state index is -4.68. The van der Waals surface area contributed by atoms with E-state index in [1.807, 2.05) is 6.92 Å². The minimum absolute atomic E-state index is 0.0525. The van der Waals surface area contributed by atoms with Crippen molar-refractivity contribution in [2.75, 3.05) is 6.54 Å². The Balaban J connectivity index is 1.88. The zero-order valence-corrected chi connectivity index (χ0v) is 16.3. The van der Waals surface area contributed by atoms with Crippen molar-refractivity contribution in [3.05, 3.63) is 53.0 Å². The Hall–Kier alpha value is -2.46. The summed E-state index contributed by atoms with van der Waals surface area (Å²) in [5.74, 6) is -1.11. The summed E-state index contributed by atoms with van der Waals surface area (Å²) in [6.07, 6.45) is -3.31. The second-order valence-corrected chi connectivity index (χ2v) is 8.26. The van der Waals surface area contributed by atoms with Gasteiger partial charge in [0.25, 0.3) is 0 Å². The Bertz CT molecular complexity index is 1110. The molecular formula is C18H19F3N4O2S. The van der Waals surface area contributed by atoms with Gasteiger partial charge in [-0.2, -0.15) is 13.2 Å². The van der Waals surface area contributed by atoms with E-state index in [-0.39, 0.29) is 29.1 Å². The molecule has 1 N–H and O–H groups in total. The lowest BCUT2D eigenvalue weighted by Crippen LogP contribution is -2.29.